The number of nitrogens with one attached hydrogen (secondary N) is 2. The van der Waals surface area contributed by atoms with E-state index >= 15 is 0 Å². The second-order valence-corrected chi connectivity index (χ2v) is 9.39. The van der Waals surface area contributed by atoms with Gasteiger partial charge in [-0.15, -0.1) is 11.3 Å². The topological polar surface area (TPSA) is 96.2 Å². The lowest BCUT2D eigenvalue weighted by atomic mass is 9.82. The summed E-state index contributed by atoms with van der Waals surface area (Å²) in [6.45, 7) is 0.158. The quantitative estimate of drug-likeness (QED) is 0.301. The smallest absolute Gasteiger partial charge is 0.342 e. The van der Waals surface area contributed by atoms with Gasteiger partial charge in [0.1, 0.15) is 11.6 Å². The fourth-order valence-electron chi connectivity index (χ4n) is 4.00. The molecule has 35 heavy (non-hydrogen) atoms. The Balaban J connectivity index is 1.41. The predicted octanol–water partition coefficient (Wildman–Crippen LogP) is 5.73. The second-order valence-electron chi connectivity index (χ2n) is 8.45. The molecular formula is C26H23FN4O3S. The lowest BCUT2D eigenvalue weighted by Gasteiger charge is -2.25. The van der Waals surface area contributed by atoms with Crippen molar-refractivity contribution in [2.24, 2.45) is 0 Å². The molecule has 7 nitrogen and oxygen atoms in total. The Morgan fingerprint density at radius 3 is 2.69 bits per heavy atom. The van der Waals surface area contributed by atoms with Gasteiger partial charge in [-0.3, -0.25) is 4.79 Å². The summed E-state index contributed by atoms with van der Waals surface area (Å²) < 4.78 is 14.8. The number of rotatable bonds is 6. The van der Waals surface area contributed by atoms with Crippen LogP contribution in [-0.4, -0.2) is 26.8 Å². The predicted molar refractivity (Wildman–Crippen MR) is 132 cm³/mol. The van der Waals surface area contributed by atoms with Gasteiger partial charge in [0.25, 0.3) is 5.91 Å². The van der Waals surface area contributed by atoms with Crippen molar-refractivity contribution >= 4 is 29.0 Å². The molecule has 3 N–H and O–H groups in total. The summed E-state index contributed by atoms with van der Waals surface area (Å²) in [6.07, 6.45) is 2.97. The Labute approximate surface area is 205 Å². The van der Waals surface area contributed by atoms with Gasteiger partial charge in [-0.1, -0.05) is 24.6 Å². The molecule has 2 amide bonds. The summed E-state index contributed by atoms with van der Waals surface area (Å²) >= 11 is 1.34. The minimum Gasteiger partial charge on any atom is -0.507 e. The van der Waals surface area contributed by atoms with Gasteiger partial charge in [-0.25, -0.2) is 9.18 Å². The van der Waals surface area contributed by atoms with Crippen LogP contribution in [0, 0.1) is 5.82 Å². The molecule has 5 rings (SSSR count). The van der Waals surface area contributed by atoms with Crippen molar-refractivity contribution in [3.63, 3.8) is 0 Å². The summed E-state index contributed by atoms with van der Waals surface area (Å²) in [5.41, 5.74) is 2.74. The van der Waals surface area contributed by atoms with Gasteiger partial charge < -0.3 is 15.7 Å². The highest BCUT2D eigenvalue weighted by Gasteiger charge is 2.27. The number of thiophene rings is 1. The van der Waals surface area contributed by atoms with E-state index in [1.807, 2.05) is 11.4 Å². The van der Waals surface area contributed by atoms with Crippen LogP contribution in [0.3, 0.4) is 0 Å². The molecule has 9 heteroatoms. The monoisotopic (exact) mass is 490 g/mol. The van der Waals surface area contributed by atoms with Crippen molar-refractivity contribution < 1.29 is 19.1 Å². The van der Waals surface area contributed by atoms with Crippen molar-refractivity contribution in [3.8, 4) is 17.0 Å². The van der Waals surface area contributed by atoms with Gasteiger partial charge in [0, 0.05) is 23.7 Å². The zero-order valence-electron chi connectivity index (χ0n) is 18.7. The van der Waals surface area contributed by atoms with Crippen molar-refractivity contribution in [3.05, 3.63) is 88.0 Å². The number of nitrogens with zero attached hydrogens (tertiary/aromatic N) is 2. The third kappa shape index (κ3) is 4.95. The van der Waals surface area contributed by atoms with Crippen LogP contribution in [0.4, 0.5) is 14.9 Å². The zero-order chi connectivity index (χ0) is 24.4. The van der Waals surface area contributed by atoms with Gasteiger partial charge in [0.2, 0.25) is 0 Å². The van der Waals surface area contributed by atoms with Gasteiger partial charge in [-0.05, 0) is 66.2 Å². The molecule has 0 aliphatic heterocycles. The van der Waals surface area contributed by atoms with E-state index in [9.17, 15) is 19.1 Å². The van der Waals surface area contributed by atoms with Crippen LogP contribution in [-0.2, 0) is 6.54 Å². The number of hydrogen-bond donors (Lipinski definition) is 3. The number of aromatic hydroxyl groups is 1. The van der Waals surface area contributed by atoms with Crippen LogP contribution in [0.25, 0.3) is 11.3 Å². The molecule has 0 spiro atoms. The Morgan fingerprint density at radius 1 is 1.11 bits per heavy atom. The van der Waals surface area contributed by atoms with E-state index in [1.54, 1.807) is 36.4 Å². The fraction of sp³-hybridized carbons (Fsp3) is 0.192. The molecule has 2 aromatic carbocycles. The Bertz CT molecular complexity index is 1380. The molecule has 1 aliphatic carbocycles. The van der Waals surface area contributed by atoms with E-state index in [0.29, 0.717) is 27.4 Å². The van der Waals surface area contributed by atoms with E-state index in [2.05, 4.69) is 15.7 Å². The number of carbonyl (C=O) groups excluding carboxylic acids is 2. The van der Waals surface area contributed by atoms with Crippen molar-refractivity contribution in [2.45, 2.75) is 31.7 Å². The molecule has 1 aliphatic rings. The van der Waals surface area contributed by atoms with Crippen molar-refractivity contribution in [2.75, 3.05) is 5.32 Å². The van der Waals surface area contributed by atoms with Crippen LogP contribution in [0.2, 0.25) is 0 Å². The number of phenolic OH excluding ortho intramolecular Hbond substituents is 1. The standard InChI is InChI=1S/C26H23FN4O3S/c27-18-7-1-4-16(12-18)15-28-26(34)31-22(17-5-2-6-17)14-21(30-31)20-13-19(9-10-23(20)32)29-25(33)24-8-3-11-35-24/h1,3-4,7-14,17,32H,2,5-6,15H2,(H,28,34)(H,29,33). The van der Waals surface area contributed by atoms with Crippen molar-refractivity contribution in [1.82, 2.24) is 15.1 Å². The second kappa shape index (κ2) is 9.71. The minimum atomic E-state index is -0.427. The zero-order valence-corrected chi connectivity index (χ0v) is 19.5. The summed E-state index contributed by atoms with van der Waals surface area (Å²) in [7, 11) is 0. The molecule has 2 heterocycles. The van der Waals surface area contributed by atoms with Crippen molar-refractivity contribution in [1.29, 1.82) is 0 Å². The first-order chi connectivity index (χ1) is 17.0. The average molecular weight is 491 g/mol. The highest BCUT2D eigenvalue weighted by Crippen LogP contribution is 2.39. The van der Waals surface area contributed by atoms with Crippen LogP contribution >= 0.6 is 11.3 Å². The maximum absolute atomic E-state index is 13.5. The van der Waals surface area contributed by atoms with E-state index in [4.69, 9.17) is 0 Å². The van der Waals surface area contributed by atoms with Crippen LogP contribution in [0.15, 0.2) is 66.0 Å². The number of hydrogen-bond acceptors (Lipinski definition) is 5. The molecule has 1 saturated carbocycles. The lowest BCUT2D eigenvalue weighted by Crippen LogP contribution is -2.31. The molecule has 4 aromatic rings. The molecular weight excluding hydrogens is 467 g/mol. The summed E-state index contributed by atoms with van der Waals surface area (Å²) in [6, 6.07) is 15.7. The van der Waals surface area contributed by atoms with E-state index in [-0.39, 0.29) is 29.9 Å². The third-order valence-electron chi connectivity index (χ3n) is 6.06. The summed E-state index contributed by atoms with van der Waals surface area (Å²) in [4.78, 5) is 26.0. The summed E-state index contributed by atoms with van der Waals surface area (Å²) in [5, 5.41) is 22.5. The first-order valence-electron chi connectivity index (χ1n) is 11.3. The largest absolute Gasteiger partial charge is 0.507 e. The minimum absolute atomic E-state index is 0.0101. The highest BCUT2D eigenvalue weighted by atomic mass is 32.1. The number of carbonyl (C=O) groups is 2. The lowest BCUT2D eigenvalue weighted by molar-refractivity contribution is 0.103. The molecule has 1 fully saturated rings. The number of aromatic nitrogens is 2. The molecule has 0 atom stereocenters. The Morgan fingerprint density at radius 2 is 1.97 bits per heavy atom. The number of halogens is 1. The van der Waals surface area contributed by atoms with Gasteiger partial charge in [0.05, 0.1) is 16.3 Å². The number of phenols is 1. The van der Waals surface area contributed by atoms with Gasteiger partial charge >= 0.3 is 6.03 Å². The first kappa shape index (κ1) is 22.8. The Hall–Kier alpha value is -3.98. The number of benzene rings is 2. The molecule has 0 unspecified atom stereocenters. The van der Waals surface area contributed by atoms with E-state index in [0.717, 1.165) is 25.0 Å². The Kier molecular flexibility index (Phi) is 6.33. The maximum Gasteiger partial charge on any atom is 0.342 e. The molecule has 2 aromatic heterocycles. The molecule has 0 radical (unpaired) electrons. The van der Waals surface area contributed by atoms with Gasteiger partial charge in [-0.2, -0.15) is 9.78 Å². The SMILES string of the molecule is O=C(Nc1ccc(O)c(-c2cc(C3CCC3)n(C(=O)NCc3cccc(F)c3)n2)c1)c1cccs1. The van der Waals surface area contributed by atoms with Crippen LogP contribution in [0.1, 0.15) is 46.1 Å². The van der Waals surface area contributed by atoms with E-state index in [1.165, 1.54) is 34.2 Å². The highest BCUT2D eigenvalue weighted by molar-refractivity contribution is 7.12. The van der Waals surface area contributed by atoms with Crippen LogP contribution in [0.5, 0.6) is 5.75 Å². The van der Waals surface area contributed by atoms with Crippen LogP contribution < -0.4 is 10.6 Å². The normalized spacial score (nSPS) is 13.3. The number of anilines is 1. The van der Waals surface area contributed by atoms with E-state index < -0.39 is 6.03 Å². The third-order valence-corrected chi connectivity index (χ3v) is 6.93. The first-order valence-corrected chi connectivity index (χ1v) is 12.2. The maximum atomic E-state index is 13.5. The number of amides is 2. The van der Waals surface area contributed by atoms with Gasteiger partial charge in [0.15, 0.2) is 0 Å². The fourth-order valence-corrected chi connectivity index (χ4v) is 4.62. The average Bonchev–Trinajstić information content (AvgIpc) is 3.49. The summed E-state index contributed by atoms with van der Waals surface area (Å²) in [5.74, 6) is -0.423. The molecule has 0 bridgehead atoms. The molecule has 0 saturated heterocycles. The molecule has 178 valence electrons.